The Labute approximate surface area is 116 Å². The van der Waals surface area contributed by atoms with E-state index in [4.69, 9.17) is 0 Å². The van der Waals surface area contributed by atoms with Crippen LogP contribution in [-0.4, -0.2) is 26.5 Å². The number of benzene rings is 1. The first-order valence-electron chi connectivity index (χ1n) is 6.09. The maximum atomic E-state index is 12.0. The summed E-state index contributed by atoms with van der Waals surface area (Å²) in [6.07, 6.45) is 0.342. The SMILES string of the molecule is CCSc1nnc(C)n1NC(=O)Cc1ccccc1. The van der Waals surface area contributed by atoms with Crippen LogP contribution >= 0.6 is 11.8 Å². The van der Waals surface area contributed by atoms with Crippen LogP contribution in [0.5, 0.6) is 0 Å². The number of nitrogens with one attached hydrogen (secondary N) is 1. The lowest BCUT2D eigenvalue weighted by molar-refractivity contribution is -0.116. The monoisotopic (exact) mass is 276 g/mol. The molecule has 0 saturated carbocycles. The summed E-state index contributed by atoms with van der Waals surface area (Å²) in [6, 6.07) is 9.64. The molecule has 0 radical (unpaired) electrons. The predicted octanol–water partition coefficient (Wildman–Crippen LogP) is 2.01. The van der Waals surface area contributed by atoms with Crippen molar-refractivity contribution in [3.63, 3.8) is 0 Å². The first-order valence-corrected chi connectivity index (χ1v) is 7.08. The van der Waals surface area contributed by atoms with Gasteiger partial charge in [-0.2, -0.15) is 0 Å². The third-order valence-electron chi connectivity index (χ3n) is 2.51. The minimum absolute atomic E-state index is 0.0768. The summed E-state index contributed by atoms with van der Waals surface area (Å²) in [5, 5.41) is 8.71. The van der Waals surface area contributed by atoms with Gasteiger partial charge in [0, 0.05) is 0 Å². The number of aromatic nitrogens is 3. The molecule has 0 unspecified atom stereocenters. The van der Waals surface area contributed by atoms with Gasteiger partial charge in [-0.25, -0.2) is 4.68 Å². The fraction of sp³-hybridized carbons (Fsp3) is 0.308. The van der Waals surface area contributed by atoms with E-state index in [9.17, 15) is 4.79 Å². The summed E-state index contributed by atoms with van der Waals surface area (Å²) < 4.78 is 1.64. The third-order valence-corrected chi connectivity index (χ3v) is 3.32. The van der Waals surface area contributed by atoms with Crippen LogP contribution in [0, 0.1) is 6.92 Å². The molecule has 1 amide bonds. The van der Waals surface area contributed by atoms with Crippen molar-refractivity contribution >= 4 is 17.7 Å². The summed E-state index contributed by atoms with van der Waals surface area (Å²) in [5.74, 6) is 1.48. The highest BCUT2D eigenvalue weighted by Gasteiger charge is 2.11. The van der Waals surface area contributed by atoms with Crippen LogP contribution in [0.1, 0.15) is 18.3 Å². The topological polar surface area (TPSA) is 59.8 Å². The lowest BCUT2D eigenvalue weighted by atomic mass is 10.1. The molecule has 0 atom stereocenters. The molecule has 1 aromatic carbocycles. The zero-order chi connectivity index (χ0) is 13.7. The van der Waals surface area contributed by atoms with E-state index < -0.39 is 0 Å². The van der Waals surface area contributed by atoms with E-state index in [1.165, 1.54) is 0 Å². The molecule has 2 rings (SSSR count). The van der Waals surface area contributed by atoms with Crippen molar-refractivity contribution < 1.29 is 4.79 Å². The van der Waals surface area contributed by atoms with E-state index in [1.807, 2.05) is 44.2 Å². The number of rotatable bonds is 5. The number of hydrogen-bond acceptors (Lipinski definition) is 4. The summed E-state index contributed by atoms with van der Waals surface area (Å²) in [7, 11) is 0. The Balaban J connectivity index is 2.05. The smallest absolute Gasteiger partial charge is 0.243 e. The lowest BCUT2D eigenvalue weighted by Gasteiger charge is -2.09. The minimum atomic E-state index is -0.0768. The van der Waals surface area contributed by atoms with Gasteiger partial charge in [0.2, 0.25) is 11.1 Å². The summed E-state index contributed by atoms with van der Waals surface area (Å²) in [6.45, 7) is 3.85. The summed E-state index contributed by atoms with van der Waals surface area (Å²) in [5.41, 5.74) is 3.81. The predicted molar refractivity (Wildman–Crippen MR) is 75.7 cm³/mol. The molecule has 1 heterocycles. The Kier molecular flexibility index (Phi) is 4.57. The van der Waals surface area contributed by atoms with E-state index in [1.54, 1.807) is 16.4 Å². The van der Waals surface area contributed by atoms with Gasteiger partial charge in [0.1, 0.15) is 5.82 Å². The first-order chi connectivity index (χ1) is 9.20. The van der Waals surface area contributed by atoms with Gasteiger partial charge in [0.05, 0.1) is 6.42 Å². The number of amides is 1. The van der Waals surface area contributed by atoms with Crippen molar-refractivity contribution in [1.82, 2.24) is 14.9 Å². The fourth-order valence-electron chi connectivity index (χ4n) is 1.64. The minimum Gasteiger partial charge on any atom is -0.273 e. The highest BCUT2D eigenvalue weighted by Crippen LogP contribution is 2.14. The highest BCUT2D eigenvalue weighted by molar-refractivity contribution is 7.99. The zero-order valence-corrected chi connectivity index (χ0v) is 11.8. The highest BCUT2D eigenvalue weighted by atomic mass is 32.2. The Morgan fingerprint density at radius 1 is 1.32 bits per heavy atom. The summed E-state index contributed by atoms with van der Waals surface area (Å²) >= 11 is 1.55. The Morgan fingerprint density at radius 3 is 2.74 bits per heavy atom. The molecule has 0 spiro atoms. The number of aryl methyl sites for hydroxylation is 1. The van der Waals surface area contributed by atoms with Gasteiger partial charge >= 0.3 is 0 Å². The van der Waals surface area contributed by atoms with Gasteiger partial charge in [-0.3, -0.25) is 10.2 Å². The second-order valence-electron chi connectivity index (χ2n) is 4.00. The number of carbonyl (C=O) groups excluding carboxylic acids is 1. The second kappa shape index (κ2) is 6.38. The lowest BCUT2D eigenvalue weighted by Crippen LogP contribution is -2.26. The fourth-order valence-corrected chi connectivity index (χ4v) is 2.30. The van der Waals surface area contributed by atoms with E-state index in [0.717, 1.165) is 11.3 Å². The van der Waals surface area contributed by atoms with E-state index in [2.05, 4.69) is 15.6 Å². The number of thioether (sulfide) groups is 1. The van der Waals surface area contributed by atoms with Crippen LogP contribution in [0.15, 0.2) is 35.5 Å². The number of carbonyl (C=O) groups is 1. The largest absolute Gasteiger partial charge is 0.273 e. The van der Waals surface area contributed by atoms with Crippen LogP contribution in [0.25, 0.3) is 0 Å². The molecule has 100 valence electrons. The Hall–Kier alpha value is -1.82. The molecule has 5 nitrogen and oxygen atoms in total. The van der Waals surface area contributed by atoms with Crippen LogP contribution in [0.4, 0.5) is 0 Å². The van der Waals surface area contributed by atoms with E-state index in [0.29, 0.717) is 17.4 Å². The van der Waals surface area contributed by atoms with Crippen LogP contribution in [0.3, 0.4) is 0 Å². The molecule has 0 aliphatic heterocycles. The van der Waals surface area contributed by atoms with Crippen molar-refractivity contribution in [2.45, 2.75) is 25.4 Å². The second-order valence-corrected chi connectivity index (χ2v) is 5.23. The van der Waals surface area contributed by atoms with E-state index >= 15 is 0 Å². The van der Waals surface area contributed by atoms with Crippen LogP contribution in [0.2, 0.25) is 0 Å². The molecule has 0 aliphatic carbocycles. The molecule has 0 fully saturated rings. The summed E-state index contributed by atoms with van der Waals surface area (Å²) in [4.78, 5) is 12.0. The van der Waals surface area contributed by atoms with Crippen molar-refractivity contribution in [2.75, 3.05) is 11.2 Å². The van der Waals surface area contributed by atoms with Crippen LogP contribution < -0.4 is 5.43 Å². The molecule has 2 aromatic rings. The van der Waals surface area contributed by atoms with Crippen molar-refractivity contribution in [2.24, 2.45) is 0 Å². The quantitative estimate of drug-likeness (QED) is 0.849. The molecule has 19 heavy (non-hydrogen) atoms. The molecule has 0 saturated heterocycles. The van der Waals surface area contributed by atoms with Gasteiger partial charge < -0.3 is 0 Å². The standard InChI is InChI=1S/C13H16N4OS/c1-3-19-13-15-14-10(2)17(13)16-12(18)9-11-7-5-4-6-8-11/h4-8H,3,9H2,1-2H3,(H,16,18). The maximum absolute atomic E-state index is 12.0. The number of nitrogens with zero attached hydrogens (tertiary/aromatic N) is 3. The van der Waals surface area contributed by atoms with Crippen molar-refractivity contribution in [3.05, 3.63) is 41.7 Å². The van der Waals surface area contributed by atoms with Crippen molar-refractivity contribution in [3.8, 4) is 0 Å². The Morgan fingerprint density at radius 2 is 2.05 bits per heavy atom. The molecule has 1 aromatic heterocycles. The van der Waals surface area contributed by atoms with Gasteiger partial charge in [0.25, 0.3) is 0 Å². The van der Waals surface area contributed by atoms with Crippen LogP contribution in [-0.2, 0) is 11.2 Å². The normalized spacial score (nSPS) is 10.4. The molecular weight excluding hydrogens is 260 g/mol. The van der Waals surface area contributed by atoms with Gasteiger partial charge in [0.15, 0.2) is 0 Å². The third kappa shape index (κ3) is 3.57. The molecule has 1 N–H and O–H groups in total. The van der Waals surface area contributed by atoms with E-state index in [-0.39, 0.29) is 5.91 Å². The molecule has 0 bridgehead atoms. The van der Waals surface area contributed by atoms with Crippen molar-refractivity contribution in [1.29, 1.82) is 0 Å². The molecular formula is C13H16N4OS. The van der Waals surface area contributed by atoms with Gasteiger partial charge in [-0.15, -0.1) is 10.2 Å². The zero-order valence-electron chi connectivity index (χ0n) is 11.0. The molecule has 0 aliphatic rings. The average molecular weight is 276 g/mol. The average Bonchev–Trinajstić information content (AvgIpc) is 2.73. The maximum Gasteiger partial charge on any atom is 0.243 e. The van der Waals surface area contributed by atoms with Gasteiger partial charge in [-0.05, 0) is 18.2 Å². The Bertz CT molecular complexity index is 553. The van der Waals surface area contributed by atoms with Gasteiger partial charge in [-0.1, -0.05) is 49.0 Å². The molecule has 6 heteroatoms. The number of hydrogen-bond donors (Lipinski definition) is 1. The first kappa shape index (κ1) is 13.6.